The largest absolute Gasteiger partial charge is 0.481 e. The van der Waals surface area contributed by atoms with Gasteiger partial charge in [0.15, 0.2) is 0 Å². The summed E-state index contributed by atoms with van der Waals surface area (Å²) in [5.41, 5.74) is 0.961. The second-order valence-corrected chi connectivity index (χ2v) is 4.68. The number of urea groups is 1. The molecule has 2 rings (SSSR count). The topological polar surface area (TPSA) is 98.3 Å². The minimum Gasteiger partial charge on any atom is -0.481 e. The first-order valence-electron chi connectivity index (χ1n) is 6.39. The number of carbonyl (C=O) groups is 2. The molecule has 1 saturated heterocycles. The number of rotatable bonds is 4. The smallest absolute Gasteiger partial charge is 0.317 e. The third kappa shape index (κ3) is 3.70. The summed E-state index contributed by atoms with van der Waals surface area (Å²) in [6, 6.07) is -0.189. The van der Waals surface area contributed by atoms with E-state index in [0.717, 1.165) is 12.1 Å². The number of hydrogen-bond acceptors (Lipinski definition) is 3. The number of amides is 2. The zero-order valence-corrected chi connectivity index (χ0v) is 10.6. The van der Waals surface area contributed by atoms with E-state index in [1.54, 1.807) is 17.4 Å². The van der Waals surface area contributed by atoms with Crippen LogP contribution in [0.1, 0.15) is 18.5 Å². The maximum absolute atomic E-state index is 11.9. The Morgan fingerprint density at radius 3 is 3.11 bits per heavy atom. The van der Waals surface area contributed by atoms with Gasteiger partial charge in [0.25, 0.3) is 0 Å². The summed E-state index contributed by atoms with van der Waals surface area (Å²) in [5, 5.41) is 11.8. The first-order valence-corrected chi connectivity index (χ1v) is 6.39. The van der Waals surface area contributed by atoms with E-state index < -0.39 is 11.9 Å². The lowest BCUT2D eigenvalue weighted by molar-refractivity contribution is -0.143. The van der Waals surface area contributed by atoms with Gasteiger partial charge in [0.2, 0.25) is 0 Å². The number of aromatic amines is 1. The molecule has 0 aliphatic carbocycles. The maximum atomic E-state index is 11.9. The highest BCUT2D eigenvalue weighted by molar-refractivity contribution is 5.76. The van der Waals surface area contributed by atoms with Crippen LogP contribution in [0.3, 0.4) is 0 Å². The highest BCUT2D eigenvalue weighted by atomic mass is 16.4. The molecule has 0 spiro atoms. The van der Waals surface area contributed by atoms with Gasteiger partial charge in [-0.3, -0.25) is 4.79 Å². The summed E-state index contributed by atoms with van der Waals surface area (Å²) in [6.45, 7) is 1.43. The van der Waals surface area contributed by atoms with Crippen LogP contribution in [-0.2, 0) is 11.2 Å². The van der Waals surface area contributed by atoms with Crippen molar-refractivity contribution in [3.05, 3.63) is 18.2 Å². The molecule has 2 amide bonds. The summed E-state index contributed by atoms with van der Waals surface area (Å²) in [6.07, 6.45) is 5.38. The number of carboxylic acids is 1. The number of piperidine rings is 1. The summed E-state index contributed by atoms with van der Waals surface area (Å²) < 4.78 is 0. The van der Waals surface area contributed by atoms with Crippen LogP contribution in [0.15, 0.2) is 12.5 Å². The Balaban J connectivity index is 1.74. The van der Waals surface area contributed by atoms with Crippen molar-refractivity contribution in [2.24, 2.45) is 5.92 Å². The molecule has 0 saturated carbocycles. The Bertz CT molecular complexity index is 432. The lowest BCUT2D eigenvalue weighted by Gasteiger charge is -2.30. The lowest BCUT2D eigenvalue weighted by Crippen LogP contribution is -2.47. The fraction of sp³-hybridized carbons (Fsp3) is 0.583. The number of carboxylic acid groups (broad SMARTS) is 1. The molecule has 1 fully saturated rings. The van der Waals surface area contributed by atoms with Crippen molar-refractivity contribution in [2.45, 2.75) is 19.3 Å². The van der Waals surface area contributed by atoms with Gasteiger partial charge in [-0.15, -0.1) is 0 Å². The molecule has 7 heteroatoms. The maximum Gasteiger partial charge on any atom is 0.317 e. The average Bonchev–Trinajstić information content (AvgIpc) is 2.92. The van der Waals surface area contributed by atoms with Crippen molar-refractivity contribution in [3.8, 4) is 0 Å². The third-order valence-corrected chi connectivity index (χ3v) is 3.28. The van der Waals surface area contributed by atoms with Gasteiger partial charge in [-0.1, -0.05) is 0 Å². The Hall–Kier alpha value is -2.05. The quantitative estimate of drug-likeness (QED) is 0.737. The van der Waals surface area contributed by atoms with Crippen LogP contribution >= 0.6 is 0 Å². The normalized spacial score (nSPS) is 19.2. The van der Waals surface area contributed by atoms with Crippen LogP contribution in [0.2, 0.25) is 0 Å². The zero-order chi connectivity index (χ0) is 13.7. The molecule has 1 aromatic rings. The number of H-pyrrole nitrogens is 1. The fourth-order valence-electron chi connectivity index (χ4n) is 2.20. The molecular weight excluding hydrogens is 248 g/mol. The molecule has 1 aliphatic heterocycles. The number of nitrogens with zero attached hydrogens (tertiary/aromatic N) is 2. The molecule has 0 bridgehead atoms. The van der Waals surface area contributed by atoms with Gasteiger partial charge in [-0.05, 0) is 12.8 Å². The van der Waals surface area contributed by atoms with E-state index in [2.05, 4.69) is 15.3 Å². The first kappa shape index (κ1) is 13.4. The van der Waals surface area contributed by atoms with E-state index in [1.165, 1.54) is 0 Å². The Morgan fingerprint density at radius 1 is 1.58 bits per heavy atom. The van der Waals surface area contributed by atoms with Crippen molar-refractivity contribution in [3.63, 3.8) is 0 Å². The highest BCUT2D eigenvalue weighted by Crippen LogP contribution is 2.16. The van der Waals surface area contributed by atoms with Gasteiger partial charge in [0.05, 0.1) is 12.2 Å². The molecular formula is C12H18N4O3. The van der Waals surface area contributed by atoms with E-state index >= 15 is 0 Å². The van der Waals surface area contributed by atoms with Crippen LogP contribution in [0.5, 0.6) is 0 Å². The number of hydrogen-bond donors (Lipinski definition) is 3. The van der Waals surface area contributed by atoms with Gasteiger partial charge < -0.3 is 20.3 Å². The van der Waals surface area contributed by atoms with Crippen LogP contribution < -0.4 is 5.32 Å². The van der Waals surface area contributed by atoms with Gasteiger partial charge in [0, 0.05) is 37.9 Å². The van der Waals surface area contributed by atoms with Crippen LogP contribution in [-0.4, -0.2) is 51.6 Å². The van der Waals surface area contributed by atoms with Gasteiger partial charge in [-0.25, -0.2) is 9.78 Å². The second-order valence-electron chi connectivity index (χ2n) is 4.68. The number of likely N-dealkylation sites (tertiary alicyclic amines) is 1. The Kier molecular flexibility index (Phi) is 4.38. The lowest BCUT2D eigenvalue weighted by atomic mass is 9.99. The minimum atomic E-state index is -0.824. The van der Waals surface area contributed by atoms with Crippen LogP contribution in [0, 0.1) is 5.92 Å². The molecule has 1 atom stereocenters. The molecule has 104 valence electrons. The third-order valence-electron chi connectivity index (χ3n) is 3.28. The minimum absolute atomic E-state index is 0.189. The average molecular weight is 266 g/mol. The molecule has 1 aliphatic rings. The molecule has 2 heterocycles. The van der Waals surface area contributed by atoms with E-state index in [0.29, 0.717) is 32.5 Å². The molecule has 0 radical (unpaired) electrons. The Labute approximate surface area is 111 Å². The second kappa shape index (κ2) is 6.21. The van der Waals surface area contributed by atoms with Crippen molar-refractivity contribution in [1.82, 2.24) is 20.2 Å². The molecule has 1 aromatic heterocycles. The van der Waals surface area contributed by atoms with Gasteiger partial charge in [-0.2, -0.15) is 0 Å². The van der Waals surface area contributed by atoms with Crippen molar-refractivity contribution in [1.29, 1.82) is 0 Å². The molecule has 7 nitrogen and oxygen atoms in total. The monoisotopic (exact) mass is 266 g/mol. The van der Waals surface area contributed by atoms with Crippen molar-refractivity contribution in [2.75, 3.05) is 19.6 Å². The Morgan fingerprint density at radius 2 is 2.42 bits per heavy atom. The van der Waals surface area contributed by atoms with Crippen LogP contribution in [0.25, 0.3) is 0 Å². The predicted molar refractivity (Wildman–Crippen MR) is 67.6 cm³/mol. The summed E-state index contributed by atoms with van der Waals surface area (Å²) in [7, 11) is 0. The molecule has 0 aromatic carbocycles. The molecule has 19 heavy (non-hydrogen) atoms. The number of carbonyl (C=O) groups excluding carboxylic acids is 1. The SMILES string of the molecule is O=C(O)[C@@H]1CCCN(C(=O)NCCc2cnc[nH]2)C1. The van der Waals surface area contributed by atoms with E-state index in [4.69, 9.17) is 5.11 Å². The van der Waals surface area contributed by atoms with Gasteiger partial charge in [0.1, 0.15) is 0 Å². The van der Waals surface area contributed by atoms with E-state index in [1.807, 2.05) is 0 Å². The standard InChI is InChI=1S/C12H18N4O3/c17-11(18)9-2-1-5-16(7-9)12(19)14-4-3-10-6-13-8-15-10/h6,8-9H,1-5,7H2,(H,13,15)(H,14,19)(H,17,18)/t9-/m1/s1. The van der Waals surface area contributed by atoms with Gasteiger partial charge >= 0.3 is 12.0 Å². The zero-order valence-electron chi connectivity index (χ0n) is 10.6. The summed E-state index contributed by atoms with van der Waals surface area (Å²) in [4.78, 5) is 31.2. The van der Waals surface area contributed by atoms with Crippen molar-refractivity contribution < 1.29 is 14.7 Å². The number of imidazole rings is 1. The first-order chi connectivity index (χ1) is 9.16. The summed E-state index contributed by atoms with van der Waals surface area (Å²) in [5.74, 6) is -1.26. The van der Waals surface area contributed by atoms with Crippen molar-refractivity contribution >= 4 is 12.0 Å². The molecule has 3 N–H and O–H groups in total. The number of aliphatic carboxylic acids is 1. The number of aromatic nitrogens is 2. The predicted octanol–water partition coefficient (Wildman–Crippen LogP) is 0.458. The van der Waals surface area contributed by atoms with E-state index in [9.17, 15) is 9.59 Å². The number of nitrogens with one attached hydrogen (secondary N) is 2. The highest BCUT2D eigenvalue weighted by Gasteiger charge is 2.27. The fourth-order valence-corrected chi connectivity index (χ4v) is 2.20. The van der Waals surface area contributed by atoms with E-state index in [-0.39, 0.29) is 6.03 Å². The summed E-state index contributed by atoms with van der Waals surface area (Å²) >= 11 is 0. The molecule has 0 unspecified atom stereocenters. The van der Waals surface area contributed by atoms with Crippen LogP contribution in [0.4, 0.5) is 4.79 Å².